The SMILES string of the molecule is Cc1cccc(Cc2noc(-c3cccc(O)c3)n2)c1. The van der Waals surface area contributed by atoms with E-state index in [0.717, 1.165) is 5.56 Å². The van der Waals surface area contributed by atoms with Crippen LogP contribution in [0.5, 0.6) is 5.75 Å². The van der Waals surface area contributed by atoms with Crippen molar-refractivity contribution in [3.05, 3.63) is 65.5 Å². The van der Waals surface area contributed by atoms with Gasteiger partial charge in [-0.15, -0.1) is 0 Å². The van der Waals surface area contributed by atoms with E-state index in [1.807, 2.05) is 18.2 Å². The van der Waals surface area contributed by atoms with Crippen molar-refractivity contribution in [2.75, 3.05) is 0 Å². The van der Waals surface area contributed by atoms with Gasteiger partial charge in [-0.25, -0.2) is 0 Å². The van der Waals surface area contributed by atoms with E-state index in [1.165, 1.54) is 5.56 Å². The van der Waals surface area contributed by atoms with Crippen LogP contribution in [0.15, 0.2) is 53.1 Å². The third kappa shape index (κ3) is 2.69. The number of benzene rings is 2. The van der Waals surface area contributed by atoms with E-state index in [-0.39, 0.29) is 5.75 Å². The molecule has 4 heteroatoms. The molecule has 0 saturated carbocycles. The number of phenolic OH excluding ortho intramolecular Hbond substituents is 1. The maximum absolute atomic E-state index is 9.46. The monoisotopic (exact) mass is 266 g/mol. The van der Waals surface area contributed by atoms with Crippen LogP contribution in [-0.4, -0.2) is 15.2 Å². The summed E-state index contributed by atoms with van der Waals surface area (Å²) in [5.74, 6) is 1.23. The van der Waals surface area contributed by atoms with Crippen LogP contribution in [0, 0.1) is 6.92 Å². The Hall–Kier alpha value is -2.62. The molecule has 1 heterocycles. The summed E-state index contributed by atoms with van der Waals surface area (Å²) < 4.78 is 5.24. The van der Waals surface area contributed by atoms with Crippen molar-refractivity contribution in [1.29, 1.82) is 0 Å². The molecule has 0 atom stereocenters. The summed E-state index contributed by atoms with van der Waals surface area (Å²) in [6.07, 6.45) is 0.629. The summed E-state index contributed by atoms with van der Waals surface area (Å²) in [5, 5.41) is 13.4. The number of aryl methyl sites for hydroxylation is 1. The zero-order valence-corrected chi connectivity index (χ0v) is 11.1. The van der Waals surface area contributed by atoms with Crippen LogP contribution in [0.1, 0.15) is 17.0 Å². The molecule has 2 aromatic carbocycles. The topological polar surface area (TPSA) is 59.2 Å². The molecule has 1 aromatic heterocycles. The molecule has 0 amide bonds. The van der Waals surface area contributed by atoms with E-state index >= 15 is 0 Å². The van der Waals surface area contributed by atoms with Gasteiger partial charge in [-0.1, -0.05) is 41.1 Å². The lowest BCUT2D eigenvalue weighted by Gasteiger charge is -1.98. The fourth-order valence-electron chi connectivity index (χ4n) is 2.09. The number of hydrogen-bond donors (Lipinski definition) is 1. The van der Waals surface area contributed by atoms with Crippen LogP contribution in [0.4, 0.5) is 0 Å². The first-order valence-corrected chi connectivity index (χ1v) is 6.38. The Kier molecular flexibility index (Phi) is 3.21. The second-order valence-corrected chi connectivity index (χ2v) is 4.73. The molecule has 1 N–H and O–H groups in total. The predicted molar refractivity (Wildman–Crippen MR) is 75.4 cm³/mol. The molecule has 0 saturated heterocycles. The number of aromatic nitrogens is 2. The minimum absolute atomic E-state index is 0.181. The highest BCUT2D eigenvalue weighted by molar-refractivity contribution is 5.55. The molecule has 0 fully saturated rings. The number of hydrogen-bond acceptors (Lipinski definition) is 4. The quantitative estimate of drug-likeness (QED) is 0.789. The molecule has 0 aliphatic carbocycles. The maximum Gasteiger partial charge on any atom is 0.258 e. The molecule has 100 valence electrons. The summed E-state index contributed by atoms with van der Waals surface area (Å²) in [6.45, 7) is 2.05. The molecule has 3 aromatic rings. The molecule has 0 aliphatic heterocycles. The van der Waals surface area contributed by atoms with Gasteiger partial charge in [0.2, 0.25) is 0 Å². The van der Waals surface area contributed by atoms with Gasteiger partial charge in [-0.2, -0.15) is 4.98 Å². The van der Waals surface area contributed by atoms with Crippen LogP contribution in [0.2, 0.25) is 0 Å². The van der Waals surface area contributed by atoms with Crippen molar-refractivity contribution >= 4 is 0 Å². The van der Waals surface area contributed by atoms with E-state index in [9.17, 15) is 5.11 Å². The lowest BCUT2D eigenvalue weighted by molar-refractivity contribution is 0.423. The summed E-state index contributed by atoms with van der Waals surface area (Å²) in [4.78, 5) is 4.36. The minimum Gasteiger partial charge on any atom is -0.508 e. The van der Waals surface area contributed by atoms with E-state index in [0.29, 0.717) is 23.7 Å². The van der Waals surface area contributed by atoms with Crippen LogP contribution in [0.3, 0.4) is 0 Å². The maximum atomic E-state index is 9.46. The number of rotatable bonds is 3. The number of aromatic hydroxyl groups is 1. The van der Waals surface area contributed by atoms with Crippen LogP contribution < -0.4 is 0 Å². The Morgan fingerprint density at radius 3 is 2.75 bits per heavy atom. The lowest BCUT2D eigenvalue weighted by Crippen LogP contribution is -1.91. The highest BCUT2D eigenvalue weighted by atomic mass is 16.5. The van der Waals surface area contributed by atoms with E-state index in [1.54, 1.807) is 18.2 Å². The van der Waals surface area contributed by atoms with Gasteiger partial charge in [0.25, 0.3) is 5.89 Å². The van der Waals surface area contributed by atoms with Crippen molar-refractivity contribution in [2.45, 2.75) is 13.3 Å². The summed E-state index contributed by atoms with van der Waals surface area (Å²) in [7, 11) is 0. The van der Waals surface area contributed by atoms with E-state index in [4.69, 9.17) is 4.52 Å². The first-order valence-electron chi connectivity index (χ1n) is 6.38. The van der Waals surface area contributed by atoms with E-state index in [2.05, 4.69) is 29.2 Å². The summed E-state index contributed by atoms with van der Waals surface area (Å²) in [6, 6.07) is 15.0. The Balaban J connectivity index is 1.84. The first-order chi connectivity index (χ1) is 9.70. The Bertz CT molecular complexity index is 735. The van der Waals surface area contributed by atoms with Gasteiger partial charge in [0.1, 0.15) is 5.75 Å². The number of nitrogens with zero attached hydrogens (tertiary/aromatic N) is 2. The van der Waals surface area contributed by atoms with Gasteiger partial charge in [-0.3, -0.25) is 0 Å². The second-order valence-electron chi connectivity index (χ2n) is 4.73. The van der Waals surface area contributed by atoms with Gasteiger partial charge < -0.3 is 9.63 Å². The lowest BCUT2D eigenvalue weighted by atomic mass is 10.1. The number of phenols is 1. The largest absolute Gasteiger partial charge is 0.508 e. The molecular formula is C16H14N2O2. The zero-order chi connectivity index (χ0) is 13.9. The van der Waals surface area contributed by atoms with Crippen molar-refractivity contribution in [3.63, 3.8) is 0 Å². The molecule has 0 bridgehead atoms. The van der Waals surface area contributed by atoms with Gasteiger partial charge >= 0.3 is 0 Å². The Morgan fingerprint density at radius 1 is 1.10 bits per heavy atom. The average molecular weight is 266 g/mol. The first kappa shape index (κ1) is 12.4. The zero-order valence-electron chi connectivity index (χ0n) is 11.1. The molecule has 0 unspecified atom stereocenters. The third-order valence-corrected chi connectivity index (χ3v) is 3.01. The van der Waals surface area contributed by atoms with Crippen LogP contribution in [-0.2, 0) is 6.42 Å². The average Bonchev–Trinajstić information content (AvgIpc) is 2.87. The van der Waals surface area contributed by atoms with Crippen molar-refractivity contribution in [2.24, 2.45) is 0 Å². The molecule has 4 nitrogen and oxygen atoms in total. The fraction of sp³-hybridized carbons (Fsp3) is 0.125. The molecular weight excluding hydrogens is 252 g/mol. The molecule has 0 spiro atoms. The third-order valence-electron chi connectivity index (χ3n) is 3.01. The molecule has 0 radical (unpaired) electrons. The van der Waals surface area contributed by atoms with Gasteiger partial charge in [0.05, 0.1) is 0 Å². The molecule has 20 heavy (non-hydrogen) atoms. The van der Waals surface area contributed by atoms with Crippen LogP contribution in [0.25, 0.3) is 11.5 Å². The Morgan fingerprint density at radius 2 is 1.95 bits per heavy atom. The van der Waals surface area contributed by atoms with Crippen LogP contribution >= 0.6 is 0 Å². The summed E-state index contributed by atoms with van der Waals surface area (Å²) in [5.41, 5.74) is 3.07. The Labute approximate surface area is 116 Å². The van der Waals surface area contributed by atoms with Gasteiger partial charge in [0, 0.05) is 12.0 Å². The van der Waals surface area contributed by atoms with Crippen molar-refractivity contribution < 1.29 is 9.63 Å². The fourth-order valence-corrected chi connectivity index (χ4v) is 2.09. The smallest absolute Gasteiger partial charge is 0.258 e. The van der Waals surface area contributed by atoms with E-state index < -0.39 is 0 Å². The van der Waals surface area contributed by atoms with Crippen molar-refractivity contribution in [3.8, 4) is 17.2 Å². The normalized spacial score (nSPS) is 10.7. The predicted octanol–water partition coefficient (Wildman–Crippen LogP) is 3.34. The standard InChI is InChI=1S/C16H14N2O2/c1-11-4-2-5-12(8-11)9-15-17-16(20-18-15)13-6-3-7-14(19)10-13/h2-8,10,19H,9H2,1H3. The molecule has 3 rings (SSSR count). The minimum atomic E-state index is 0.181. The highest BCUT2D eigenvalue weighted by Crippen LogP contribution is 2.22. The van der Waals surface area contributed by atoms with Crippen molar-refractivity contribution in [1.82, 2.24) is 10.1 Å². The molecule has 0 aliphatic rings. The van der Waals surface area contributed by atoms with Gasteiger partial charge in [-0.05, 0) is 30.7 Å². The van der Waals surface area contributed by atoms with Gasteiger partial charge in [0.15, 0.2) is 5.82 Å². The second kappa shape index (κ2) is 5.17. The summed E-state index contributed by atoms with van der Waals surface area (Å²) >= 11 is 0. The highest BCUT2D eigenvalue weighted by Gasteiger charge is 2.09.